The fourth-order valence-corrected chi connectivity index (χ4v) is 0. The van der Waals surface area contributed by atoms with Gasteiger partial charge in [-0.15, -0.1) is 8.93 Å². The molecule has 0 aliphatic heterocycles. The summed E-state index contributed by atoms with van der Waals surface area (Å²) in [6.45, 7) is 5.68. The molecule has 0 aliphatic carbocycles. The SMILES string of the molecule is C=C(C)PP. The normalized spacial score (nSPS) is 10.0. The minimum absolute atomic E-state index is 0.836. The van der Waals surface area contributed by atoms with Crippen LogP contribution in [-0.4, -0.2) is 0 Å². The molecule has 0 radical (unpaired) electrons. The molecule has 0 fully saturated rings. The van der Waals surface area contributed by atoms with Crippen molar-refractivity contribution in [1.82, 2.24) is 0 Å². The van der Waals surface area contributed by atoms with E-state index in [1.165, 1.54) is 5.31 Å². The molecule has 2 heteroatoms. The number of rotatable bonds is 1. The van der Waals surface area contributed by atoms with Gasteiger partial charge in [-0.3, -0.25) is 0 Å². The lowest BCUT2D eigenvalue weighted by Gasteiger charge is -1.80. The Labute approximate surface area is 36.9 Å². The van der Waals surface area contributed by atoms with Gasteiger partial charge in [0.2, 0.25) is 0 Å². The van der Waals surface area contributed by atoms with E-state index in [4.69, 9.17) is 0 Å². The van der Waals surface area contributed by atoms with Crippen molar-refractivity contribution in [1.29, 1.82) is 0 Å². The average Bonchev–Trinajstić information content (AvgIpc) is 1.38. The highest BCUT2D eigenvalue weighted by molar-refractivity contribution is 8.05. The smallest absolute Gasteiger partial charge is 0.0398 e. The van der Waals surface area contributed by atoms with Crippen molar-refractivity contribution in [3.05, 3.63) is 11.9 Å². The monoisotopic (exact) mass is 106 g/mol. The highest BCUT2D eigenvalue weighted by Gasteiger charge is 1.67. The van der Waals surface area contributed by atoms with Gasteiger partial charge in [-0.05, 0) is 6.92 Å². The predicted molar refractivity (Wildman–Crippen MR) is 32.8 cm³/mol. The first-order chi connectivity index (χ1) is 2.27. The molecular weight excluding hydrogens is 98.0 g/mol. The van der Waals surface area contributed by atoms with Crippen LogP contribution in [0.3, 0.4) is 0 Å². The van der Waals surface area contributed by atoms with Crippen LogP contribution in [0, 0.1) is 0 Å². The van der Waals surface area contributed by atoms with Crippen LogP contribution in [0.25, 0.3) is 0 Å². The first kappa shape index (κ1) is 5.60. The van der Waals surface area contributed by atoms with E-state index in [0.29, 0.717) is 0 Å². The predicted octanol–water partition coefficient (Wildman–Crippen LogP) is 1.99. The van der Waals surface area contributed by atoms with Crippen molar-refractivity contribution >= 4 is 17.2 Å². The highest BCUT2D eigenvalue weighted by atomic mass is 32.0. The summed E-state index contributed by atoms with van der Waals surface area (Å²) < 4.78 is 0. The Hall–Kier alpha value is 0.600. The summed E-state index contributed by atoms with van der Waals surface area (Å²) in [6, 6.07) is 0. The van der Waals surface area contributed by atoms with Crippen LogP contribution in [0.15, 0.2) is 11.9 Å². The van der Waals surface area contributed by atoms with E-state index < -0.39 is 0 Å². The third-order valence-corrected chi connectivity index (χ3v) is 2.22. The van der Waals surface area contributed by atoms with Gasteiger partial charge in [0.05, 0.1) is 0 Å². The summed E-state index contributed by atoms with van der Waals surface area (Å²) in [7, 11) is 3.46. The van der Waals surface area contributed by atoms with E-state index in [-0.39, 0.29) is 0 Å². The minimum atomic E-state index is 0.836. The molecular formula is C3H8P2. The van der Waals surface area contributed by atoms with Crippen LogP contribution in [0.5, 0.6) is 0 Å². The molecule has 5 heavy (non-hydrogen) atoms. The molecule has 0 nitrogen and oxygen atoms in total. The maximum atomic E-state index is 3.67. The lowest BCUT2D eigenvalue weighted by Crippen LogP contribution is -1.38. The summed E-state index contributed by atoms with van der Waals surface area (Å²) in [4.78, 5) is 0. The van der Waals surface area contributed by atoms with Crippen molar-refractivity contribution in [2.24, 2.45) is 0 Å². The molecule has 0 N–H and O–H groups in total. The van der Waals surface area contributed by atoms with E-state index in [0.717, 1.165) is 8.27 Å². The minimum Gasteiger partial charge on any atom is -0.110 e. The molecule has 2 atom stereocenters. The van der Waals surface area contributed by atoms with Crippen molar-refractivity contribution in [3.8, 4) is 0 Å². The Kier molecular flexibility index (Phi) is 3.16. The third kappa shape index (κ3) is 4.60. The quantitative estimate of drug-likeness (QED) is 0.448. The summed E-state index contributed by atoms with van der Waals surface area (Å²) in [5.41, 5.74) is 0. The zero-order chi connectivity index (χ0) is 4.28. The molecule has 0 saturated heterocycles. The Balaban J connectivity index is 2.85. The lowest BCUT2D eigenvalue weighted by molar-refractivity contribution is 1.73. The van der Waals surface area contributed by atoms with Crippen molar-refractivity contribution < 1.29 is 0 Å². The first-order valence-corrected chi connectivity index (χ1v) is 4.20. The van der Waals surface area contributed by atoms with Crippen LogP contribution in [0.1, 0.15) is 6.92 Å². The number of hydrogen-bond acceptors (Lipinski definition) is 0. The van der Waals surface area contributed by atoms with Gasteiger partial charge in [0.15, 0.2) is 0 Å². The first-order valence-electron chi connectivity index (χ1n) is 1.39. The van der Waals surface area contributed by atoms with Gasteiger partial charge in [0, 0.05) is 0 Å². The van der Waals surface area contributed by atoms with E-state index in [1.54, 1.807) is 0 Å². The van der Waals surface area contributed by atoms with Gasteiger partial charge < -0.3 is 0 Å². The molecule has 2 unspecified atom stereocenters. The molecule has 30 valence electrons. The summed E-state index contributed by atoms with van der Waals surface area (Å²) >= 11 is 0. The van der Waals surface area contributed by atoms with Crippen LogP contribution in [0.4, 0.5) is 0 Å². The Morgan fingerprint density at radius 3 is 2.20 bits per heavy atom. The molecule has 0 aromatic heterocycles. The molecule has 0 heterocycles. The Morgan fingerprint density at radius 1 is 2.00 bits per heavy atom. The maximum Gasteiger partial charge on any atom is -0.0398 e. The van der Waals surface area contributed by atoms with E-state index >= 15 is 0 Å². The second-order valence-corrected chi connectivity index (χ2v) is 2.93. The van der Waals surface area contributed by atoms with Gasteiger partial charge >= 0.3 is 0 Å². The molecule has 0 saturated carbocycles. The molecule has 0 aromatic carbocycles. The van der Waals surface area contributed by atoms with Crippen molar-refractivity contribution in [3.63, 3.8) is 0 Å². The molecule has 0 rings (SSSR count). The fraction of sp³-hybridized carbons (Fsp3) is 0.333. The van der Waals surface area contributed by atoms with Crippen LogP contribution >= 0.6 is 17.2 Å². The largest absolute Gasteiger partial charge is 0.110 e. The molecule has 0 amide bonds. The lowest BCUT2D eigenvalue weighted by atomic mass is 10.8. The second-order valence-electron chi connectivity index (χ2n) is 0.925. The fourth-order valence-electron chi connectivity index (χ4n) is 0. The van der Waals surface area contributed by atoms with Gasteiger partial charge in [-0.25, -0.2) is 0 Å². The third-order valence-electron chi connectivity index (χ3n) is 0.246. The van der Waals surface area contributed by atoms with Gasteiger partial charge in [-0.2, -0.15) is 0 Å². The zero-order valence-corrected chi connectivity index (χ0v) is 5.44. The van der Waals surface area contributed by atoms with Crippen molar-refractivity contribution in [2.45, 2.75) is 6.92 Å². The summed E-state index contributed by atoms with van der Waals surface area (Å²) in [5.74, 6) is 0. The van der Waals surface area contributed by atoms with Crippen LogP contribution in [0.2, 0.25) is 0 Å². The highest BCUT2D eigenvalue weighted by Crippen LogP contribution is 2.28. The van der Waals surface area contributed by atoms with Crippen LogP contribution < -0.4 is 0 Å². The topological polar surface area (TPSA) is 0 Å². The Morgan fingerprint density at radius 2 is 2.20 bits per heavy atom. The van der Waals surface area contributed by atoms with Gasteiger partial charge in [0.25, 0.3) is 0 Å². The summed E-state index contributed by atoms with van der Waals surface area (Å²) in [5, 5.41) is 1.25. The van der Waals surface area contributed by atoms with E-state index in [2.05, 4.69) is 15.5 Å². The van der Waals surface area contributed by atoms with E-state index in [9.17, 15) is 0 Å². The second kappa shape index (κ2) is 2.82. The molecule has 0 spiro atoms. The zero-order valence-electron chi connectivity index (χ0n) is 3.28. The van der Waals surface area contributed by atoms with Crippen LogP contribution in [-0.2, 0) is 0 Å². The standard InChI is InChI=1S/C3H8P2/c1-3(2)5-4/h5H,1,4H2,2H3. The van der Waals surface area contributed by atoms with Gasteiger partial charge in [0.1, 0.15) is 0 Å². The molecule has 0 bridgehead atoms. The average molecular weight is 106 g/mol. The Bertz CT molecular complexity index is 40.2. The maximum absolute atomic E-state index is 3.67. The van der Waals surface area contributed by atoms with E-state index in [1.807, 2.05) is 6.92 Å². The molecule has 0 aromatic rings. The van der Waals surface area contributed by atoms with Crippen molar-refractivity contribution in [2.75, 3.05) is 0 Å². The summed E-state index contributed by atoms with van der Waals surface area (Å²) in [6.07, 6.45) is 0. The number of hydrogen-bond donors (Lipinski definition) is 0. The van der Waals surface area contributed by atoms with Gasteiger partial charge in [-0.1, -0.05) is 20.2 Å². The molecule has 0 aliphatic rings. The number of allylic oxidation sites excluding steroid dienone is 1.